The van der Waals surface area contributed by atoms with Gasteiger partial charge in [-0.2, -0.15) is 0 Å². The van der Waals surface area contributed by atoms with E-state index in [1.165, 1.54) is 19.2 Å². The predicted octanol–water partition coefficient (Wildman–Crippen LogP) is 5.93. The highest BCUT2D eigenvalue weighted by Crippen LogP contribution is 2.65. The first-order valence-corrected chi connectivity index (χ1v) is 10.8. The van der Waals surface area contributed by atoms with Crippen molar-refractivity contribution >= 4 is 75.5 Å². The fourth-order valence-electron chi connectivity index (χ4n) is 3.27. The van der Waals surface area contributed by atoms with Gasteiger partial charge in [0.05, 0.1) is 33.7 Å². The van der Waals surface area contributed by atoms with Crippen molar-refractivity contribution in [1.82, 2.24) is 5.32 Å². The topological polar surface area (TPSA) is 67.4 Å². The number of nitrogens with one attached hydrogen (secondary N) is 2. The molecule has 2 aromatic carbocycles. The first kappa shape index (κ1) is 23.3. The number of hydrogen-bond donors (Lipinski definition) is 2. The van der Waals surface area contributed by atoms with E-state index in [0.717, 1.165) is 0 Å². The highest BCUT2D eigenvalue weighted by Gasteiger charge is 2.67. The van der Waals surface area contributed by atoms with Crippen LogP contribution in [0.3, 0.4) is 0 Å². The van der Waals surface area contributed by atoms with Crippen LogP contribution < -0.4 is 15.4 Å². The number of anilines is 1. The van der Waals surface area contributed by atoms with Crippen molar-refractivity contribution in [1.29, 1.82) is 0 Å². The molecule has 0 heterocycles. The maximum absolute atomic E-state index is 12.9. The van der Waals surface area contributed by atoms with Gasteiger partial charge in [-0.1, -0.05) is 34.8 Å². The molecule has 2 aromatic rings. The molecule has 2 amide bonds. The molecule has 1 fully saturated rings. The van der Waals surface area contributed by atoms with E-state index in [0.29, 0.717) is 33.6 Å². The van der Waals surface area contributed by atoms with Gasteiger partial charge in [0.2, 0.25) is 5.91 Å². The van der Waals surface area contributed by atoms with Gasteiger partial charge in [-0.15, -0.1) is 23.2 Å². The van der Waals surface area contributed by atoms with Crippen LogP contribution in [-0.2, 0) is 4.79 Å². The van der Waals surface area contributed by atoms with Gasteiger partial charge in [0.1, 0.15) is 4.33 Å². The first-order chi connectivity index (χ1) is 14.1. The summed E-state index contributed by atoms with van der Waals surface area (Å²) in [6, 6.07) is 7.86. The van der Waals surface area contributed by atoms with E-state index >= 15 is 0 Å². The Morgan fingerprint density at radius 2 is 1.70 bits per heavy atom. The van der Waals surface area contributed by atoms with E-state index in [4.69, 9.17) is 62.7 Å². The van der Waals surface area contributed by atoms with Crippen molar-refractivity contribution in [2.24, 2.45) is 5.92 Å². The predicted molar refractivity (Wildman–Crippen MR) is 122 cm³/mol. The molecule has 160 valence electrons. The van der Waals surface area contributed by atoms with Crippen molar-refractivity contribution < 1.29 is 14.3 Å². The first-order valence-electron chi connectivity index (χ1n) is 8.91. The summed E-state index contributed by atoms with van der Waals surface area (Å²) in [5.74, 6) is -1.67. The van der Waals surface area contributed by atoms with E-state index in [2.05, 4.69) is 10.6 Å². The minimum atomic E-state index is -1.33. The monoisotopic (exact) mass is 508 g/mol. The second-order valence-electron chi connectivity index (χ2n) is 6.69. The average Bonchev–Trinajstić information content (AvgIpc) is 3.25. The van der Waals surface area contributed by atoms with Crippen LogP contribution >= 0.6 is 58.0 Å². The number of ether oxygens (including phenoxy) is 1. The molecule has 1 saturated carbocycles. The maximum Gasteiger partial charge on any atom is 0.252 e. The average molecular weight is 511 g/mol. The zero-order chi connectivity index (χ0) is 22.2. The second kappa shape index (κ2) is 9.01. The molecule has 5 nitrogen and oxygen atoms in total. The van der Waals surface area contributed by atoms with Crippen LogP contribution in [0.25, 0.3) is 0 Å². The molecule has 1 aliphatic rings. The Labute approximate surface area is 198 Å². The Balaban J connectivity index is 1.81. The van der Waals surface area contributed by atoms with Crippen LogP contribution in [-0.4, -0.2) is 29.8 Å². The molecular weight excluding hydrogens is 493 g/mol. The summed E-state index contributed by atoms with van der Waals surface area (Å²) in [6.45, 7) is 2.24. The van der Waals surface area contributed by atoms with Gasteiger partial charge in [-0.3, -0.25) is 9.59 Å². The van der Waals surface area contributed by atoms with Gasteiger partial charge < -0.3 is 15.4 Å². The summed E-state index contributed by atoms with van der Waals surface area (Å²) in [5.41, 5.74) is 1.27. The molecular formula is C20H17Cl5N2O3. The molecule has 0 aliphatic heterocycles. The molecule has 2 N–H and O–H groups in total. The molecule has 30 heavy (non-hydrogen) atoms. The van der Waals surface area contributed by atoms with Crippen molar-refractivity contribution in [3.05, 3.63) is 56.5 Å². The summed E-state index contributed by atoms with van der Waals surface area (Å²) in [7, 11) is 1.45. The van der Waals surface area contributed by atoms with Gasteiger partial charge in [-0.05, 0) is 42.8 Å². The van der Waals surface area contributed by atoms with Gasteiger partial charge in [0.25, 0.3) is 5.91 Å². The second-order valence-corrected chi connectivity index (χ2v) is 9.36. The number of rotatable bonds is 6. The highest BCUT2D eigenvalue weighted by atomic mass is 35.5. The lowest BCUT2D eigenvalue weighted by Gasteiger charge is -2.10. The number of carbonyl (C=O) groups excluding carboxylic acids is 2. The van der Waals surface area contributed by atoms with E-state index < -0.39 is 22.1 Å². The Morgan fingerprint density at radius 1 is 1.07 bits per heavy atom. The van der Waals surface area contributed by atoms with E-state index in [1.807, 2.05) is 0 Å². The third-order valence-electron chi connectivity index (χ3n) is 4.74. The molecule has 0 radical (unpaired) electrons. The summed E-state index contributed by atoms with van der Waals surface area (Å²) in [5, 5.41) is 6.26. The third-order valence-corrected chi connectivity index (χ3v) is 6.57. The lowest BCUT2D eigenvalue weighted by atomic mass is 10.1. The fourth-order valence-corrected chi connectivity index (χ4v) is 4.96. The van der Waals surface area contributed by atoms with Crippen LogP contribution in [0.5, 0.6) is 5.75 Å². The van der Waals surface area contributed by atoms with Crippen LogP contribution in [0.15, 0.2) is 30.3 Å². The number of hydrogen-bond acceptors (Lipinski definition) is 3. The van der Waals surface area contributed by atoms with Crippen LogP contribution in [0, 0.1) is 5.92 Å². The normalized spacial score (nSPS) is 19.2. The molecule has 0 spiro atoms. The van der Waals surface area contributed by atoms with Crippen molar-refractivity contribution in [2.45, 2.75) is 17.2 Å². The van der Waals surface area contributed by atoms with Gasteiger partial charge in [-0.25, -0.2) is 0 Å². The fraction of sp³-hybridized carbons (Fsp3) is 0.300. The smallest absolute Gasteiger partial charge is 0.252 e. The van der Waals surface area contributed by atoms with Crippen LogP contribution in [0.1, 0.15) is 28.8 Å². The lowest BCUT2D eigenvalue weighted by molar-refractivity contribution is -0.117. The van der Waals surface area contributed by atoms with E-state index in [-0.39, 0.29) is 16.5 Å². The molecule has 1 aliphatic carbocycles. The van der Waals surface area contributed by atoms with Crippen LogP contribution in [0.4, 0.5) is 5.69 Å². The number of amides is 2. The summed E-state index contributed by atoms with van der Waals surface area (Å²) in [4.78, 5) is 25.0. The van der Waals surface area contributed by atoms with E-state index in [1.54, 1.807) is 25.1 Å². The van der Waals surface area contributed by atoms with Gasteiger partial charge in [0, 0.05) is 18.2 Å². The SMILES string of the molecule is CCNC(=O)c1cc(NC(=O)C2C(c3cc(Cl)c(OC)c(Cl)c3)C2(Cl)Cl)ccc1Cl. The number of alkyl halides is 2. The minimum Gasteiger partial charge on any atom is -0.494 e. The Bertz CT molecular complexity index is 989. The Morgan fingerprint density at radius 3 is 2.27 bits per heavy atom. The molecule has 3 rings (SSSR count). The number of carbonyl (C=O) groups is 2. The number of benzene rings is 2. The van der Waals surface area contributed by atoms with E-state index in [9.17, 15) is 9.59 Å². The quantitative estimate of drug-likeness (QED) is 0.473. The van der Waals surface area contributed by atoms with Crippen molar-refractivity contribution in [2.75, 3.05) is 19.0 Å². The Hall–Kier alpha value is -1.37. The van der Waals surface area contributed by atoms with Gasteiger partial charge in [0.15, 0.2) is 5.75 Å². The number of methoxy groups -OCH3 is 1. The molecule has 0 saturated heterocycles. The zero-order valence-electron chi connectivity index (χ0n) is 15.9. The Kier molecular flexibility index (Phi) is 7.00. The largest absolute Gasteiger partial charge is 0.494 e. The minimum absolute atomic E-state index is 0.250. The summed E-state index contributed by atoms with van der Waals surface area (Å²) >= 11 is 31.3. The van der Waals surface area contributed by atoms with Crippen molar-refractivity contribution in [3.8, 4) is 5.75 Å². The standard InChI is InChI=1S/C20H17Cl5N2O3/c1-3-26-18(28)11-8-10(4-5-12(11)21)27-19(29)16-15(20(16,24)25)9-6-13(22)17(30-2)14(23)7-9/h4-8,15-16H,3H2,1-2H3,(H,26,28)(H,27,29). The van der Waals surface area contributed by atoms with Crippen molar-refractivity contribution in [3.63, 3.8) is 0 Å². The third kappa shape index (κ3) is 4.46. The van der Waals surface area contributed by atoms with Gasteiger partial charge >= 0.3 is 0 Å². The molecule has 0 aromatic heterocycles. The highest BCUT2D eigenvalue weighted by molar-refractivity contribution is 6.53. The molecule has 0 bridgehead atoms. The van der Waals surface area contributed by atoms with Crippen LogP contribution in [0.2, 0.25) is 15.1 Å². The summed E-state index contributed by atoms with van der Waals surface area (Å²) in [6.07, 6.45) is 0. The number of halogens is 5. The maximum atomic E-state index is 12.9. The molecule has 2 unspecified atom stereocenters. The summed E-state index contributed by atoms with van der Waals surface area (Å²) < 4.78 is 3.81. The zero-order valence-corrected chi connectivity index (χ0v) is 19.6. The molecule has 2 atom stereocenters. The molecule has 10 heteroatoms. The lowest BCUT2D eigenvalue weighted by Crippen LogP contribution is -2.23.